The lowest BCUT2D eigenvalue weighted by molar-refractivity contribution is -0.123. The summed E-state index contributed by atoms with van der Waals surface area (Å²) >= 11 is 0. The molecule has 1 amide bonds. The summed E-state index contributed by atoms with van der Waals surface area (Å²) in [7, 11) is 0. The van der Waals surface area contributed by atoms with E-state index in [9.17, 15) is 9.59 Å². The Morgan fingerprint density at radius 3 is 2.84 bits per heavy atom. The molecule has 132 valence electrons. The van der Waals surface area contributed by atoms with Gasteiger partial charge in [0.25, 0.3) is 11.5 Å². The van der Waals surface area contributed by atoms with Crippen LogP contribution in [0.4, 0.5) is 0 Å². The molecule has 1 fully saturated rings. The van der Waals surface area contributed by atoms with Gasteiger partial charge in [0, 0.05) is 25.1 Å². The fourth-order valence-corrected chi connectivity index (χ4v) is 2.58. The zero-order valence-electron chi connectivity index (χ0n) is 14.6. The molecule has 1 N–H and O–H groups in total. The van der Waals surface area contributed by atoms with Crippen molar-refractivity contribution in [2.75, 3.05) is 13.2 Å². The number of hydrogen-bond donors (Lipinski definition) is 1. The molecule has 3 rings (SSSR count). The molecule has 25 heavy (non-hydrogen) atoms. The van der Waals surface area contributed by atoms with Crippen LogP contribution in [0.3, 0.4) is 0 Å². The van der Waals surface area contributed by atoms with Crippen LogP contribution in [0.2, 0.25) is 0 Å². The summed E-state index contributed by atoms with van der Waals surface area (Å²) < 4.78 is 7.07. The summed E-state index contributed by atoms with van der Waals surface area (Å²) in [5.41, 5.74) is 2.89. The van der Waals surface area contributed by atoms with Gasteiger partial charge >= 0.3 is 0 Å². The second-order valence-corrected chi connectivity index (χ2v) is 6.53. The Balaban J connectivity index is 1.45. The zero-order chi connectivity index (χ0) is 17.8. The predicted octanol–water partition coefficient (Wildman–Crippen LogP) is 1.93. The third-order valence-corrected chi connectivity index (χ3v) is 4.27. The lowest BCUT2D eigenvalue weighted by atomic mass is 10.1. The number of aryl methyl sites for hydroxylation is 2. The fourth-order valence-electron chi connectivity index (χ4n) is 2.58. The molecule has 1 heterocycles. The topological polar surface area (TPSA) is 73.2 Å². The highest BCUT2D eigenvalue weighted by Gasteiger charge is 2.25. The van der Waals surface area contributed by atoms with Gasteiger partial charge < -0.3 is 10.1 Å². The van der Waals surface area contributed by atoms with Gasteiger partial charge in [0.2, 0.25) is 0 Å². The molecule has 1 aliphatic carbocycles. The first-order chi connectivity index (χ1) is 12.0. The van der Waals surface area contributed by atoms with Gasteiger partial charge in [-0.15, -0.1) is 0 Å². The van der Waals surface area contributed by atoms with Crippen molar-refractivity contribution in [3.8, 4) is 5.75 Å². The van der Waals surface area contributed by atoms with Crippen LogP contribution in [-0.2, 0) is 11.3 Å². The van der Waals surface area contributed by atoms with E-state index in [-0.39, 0.29) is 18.1 Å². The maximum atomic E-state index is 12.0. The molecule has 0 unspecified atom stereocenters. The van der Waals surface area contributed by atoms with Crippen molar-refractivity contribution in [1.29, 1.82) is 0 Å². The lowest BCUT2D eigenvalue weighted by Gasteiger charge is -2.11. The number of nitrogens with one attached hydrogen (secondary N) is 1. The van der Waals surface area contributed by atoms with Crippen molar-refractivity contribution in [2.45, 2.75) is 39.2 Å². The molecule has 1 saturated carbocycles. The van der Waals surface area contributed by atoms with Gasteiger partial charge in [-0.1, -0.05) is 12.1 Å². The molecule has 0 spiro atoms. The van der Waals surface area contributed by atoms with Crippen molar-refractivity contribution < 1.29 is 9.53 Å². The number of rotatable bonds is 7. The van der Waals surface area contributed by atoms with Gasteiger partial charge in [-0.2, -0.15) is 0 Å². The standard InChI is InChI=1S/C19H23N3O3/c1-13-3-4-14(2)17(9-13)25-11-18(23)20-7-8-22-12-21-16(10-19(22)24)15-5-6-15/h3-4,9-10,12,15H,5-8,11H2,1-2H3,(H,20,23). The van der Waals surface area contributed by atoms with Gasteiger partial charge in [-0.25, -0.2) is 4.98 Å². The molecule has 0 atom stereocenters. The van der Waals surface area contributed by atoms with E-state index < -0.39 is 0 Å². The second-order valence-electron chi connectivity index (χ2n) is 6.53. The minimum atomic E-state index is -0.212. The third kappa shape index (κ3) is 4.68. The van der Waals surface area contributed by atoms with E-state index in [0.717, 1.165) is 29.7 Å². The SMILES string of the molecule is Cc1ccc(C)c(OCC(=O)NCCn2cnc(C3CC3)cc2=O)c1. The smallest absolute Gasteiger partial charge is 0.258 e. The number of carbonyl (C=O) groups excluding carboxylic acids is 1. The number of carbonyl (C=O) groups is 1. The van der Waals surface area contributed by atoms with Crippen LogP contribution in [0.1, 0.15) is 35.6 Å². The van der Waals surface area contributed by atoms with E-state index in [0.29, 0.717) is 24.8 Å². The van der Waals surface area contributed by atoms with E-state index in [4.69, 9.17) is 4.74 Å². The second kappa shape index (κ2) is 7.51. The normalized spacial score (nSPS) is 13.5. The maximum Gasteiger partial charge on any atom is 0.258 e. The molecule has 0 bridgehead atoms. The average molecular weight is 341 g/mol. The van der Waals surface area contributed by atoms with Crippen LogP contribution in [-0.4, -0.2) is 28.6 Å². The van der Waals surface area contributed by atoms with E-state index in [2.05, 4.69) is 10.3 Å². The van der Waals surface area contributed by atoms with Crippen molar-refractivity contribution in [2.24, 2.45) is 0 Å². The number of nitrogens with zero attached hydrogens (tertiary/aromatic N) is 2. The molecule has 0 radical (unpaired) electrons. The van der Waals surface area contributed by atoms with Crippen LogP contribution < -0.4 is 15.6 Å². The van der Waals surface area contributed by atoms with Crippen LogP contribution in [0.15, 0.2) is 35.4 Å². The molecule has 2 aromatic rings. The Hall–Kier alpha value is -2.63. The molecular weight excluding hydrogens is 318 g/mol. The Morgan fingerprint density at radius 1 is 1.32 bits per heavy atom. The number of ether oxygens (including phenoxy) is 1. The highest BCUT2D eigenvalue weighted by Crippen LogP contribution is 2.38. The van der Waals surface area contributed by atoms with Crippen LogP contribution >= 0.6 is 0 Å². The predicted molar refractivity (Wildman–Crippen MR) is 94.9 cm³/mol. The van der Waals surface area contributed by atoms with E-state index in [1.165, 1.54) is 4.57 Å². The molecule has 0 saturated heterocycles. The molecule has 0 aliphatic heterocycles. The lowest BCUT2D eigenvalue weighted by Crippen LogP contribution is -2.33. The summed E-state index contributed by atoms with van der Waals surface area (Å²) in [5.74, 6) is 0.965. The van der Waals surface area contributed by atoms with Gasteiger partial charge in [0.15, 0.2) is 6.61 Å². The minimum Gasteiger partial charge on any atom is -0.483 e. The molecular formula is C19H23N3O3. The summed E-state index contributed by atoms with van der Waals surface area (Å²) in [4.78, 5) is 28.2. The van der Waals surface area contributed by atoms with Crippen molar-refractivity contribution in [1.82, 2.24) is 14.9 Å². The van der Waals surface area contributed by atoms with Crippen LogP contribution in [0.5, 0.6) is 5.75 Å². The first-order valence-corrected chi connectivity index (χ1v) is 8.56. The zero-order valence-corrected chi connectivity index (χ0v) is 14.6. The first-order valence-electron chi connectivity index (χ1n) is 8.56. The summed E-state index contributed by atoms with van der Waals surface area (Å²) in [6, 6.07) is 7.48. The van der Waals surface area contributed by atoms with Gasteiger partial charge in [0.1, 0.15) is 5.75 Å². The number of hydrogen-bond acceptors (Lipinski definition) is 4. The van der Waals surface area contributed by atoms with Crippen LogP contribution in [0, 0.1) is 13.8 Å². The third-order valence-electron chi connectivity index (χ3n) is 4.27. The molecule has 6 nitrogen and oxygen atoms in total. The number of benzene rings is 1. The van der Waals surface area contributed by atoms with Crippen molar-refractivity contribution in [3.05, 3.63) is 57.8 Å². The highest BCUT2D eigenvalue weighted by atomic mass is 16.5. The summed E-state index contributed by atoms with van der Waals surface area (Å²) in [6.07, 6.45) is 3.80. The van der Waals surface area contributed by atoms with Gasteiger partial charge in [-0.05, 0) is 43.9 Å². The first kappa shape index (κ1) is 17.2. The molecule has 6 heteroatoms. The largest absolute Gasteiger partial charge is 0.483 e. The van der Waals surface area contributed by atoms with E-state index in [1.807, 2.05) is 32.0 Å². The summed E-state index contributed by atoms with van der Waals surface area (Å²) in [6.45, 7) is 4.63. The van der Waals surface area contributed by atoms with Gasteiger partial charge in [0.05, 0.1) is 12.0 Å². The Morgan fingerprint density at radius 2 is 2.12 bits per heavy atom. The Bertz CT molecular complexity index is 825. The van der Waals surface area contributed by atoms with E-state index >= 15 is 0 Å². The maximum absolute atomic E-state index is 12.0. The minimum absolute atomic E-state index is 0.0436. The average Bonchev–Trinajstić information content (AvgIpc) is 3.42. The molecule has 1 aliphatic rings. The number of aromatic nitrogens is 2. The molecule has 1 aromatic carbocycles. The van der Waals surface area contributed by atoms with Crippen molar-refractivity contribution in [3.63, 3.8) is 0 Å². The molecule has 1 aromatic heterocycles. The monoisotopic (exact) mass is 341 g/mol. The number of amides is 1. The quantitative estimate of drug-likeness (QED) is 0.835. The highest BCUT2D eigenvalue weighted by molar-refractivity contribution is 5.77. The Labute approximate surface area is 146 Å². The van der Waals surface area contributed by atoms with Gasteiger partial charge in [-0.3, -0.25) is 14.2 Å². The fraction of sp³-hybridized carbons (Fsp3) is 0.421. The summed E-state index contributed by atoms with van der Waals surface area (Å²) in [5, 5.41) is 2.76. The Kier molecular flexibility index (Phi) is 5.16. The van der Waals surface area contributed by atoms with E-state index in [1.54, 1.807) is 12.4 Å². The van der Waals surface area contributed by atoms with Crippen molar-refractivity contribution >= 4 is 5.91 Å². The van der Waals surface area contributed by atoms with Crippen LogP contribution in [0.25, 0.3) is 0 Å².